The van der Waals surface area contributed by atoms with Crippen molar-refractivity contribution in [3.8, 4) is 11.4 Å². The van der Waals surface area contributed by atoms with Gasteiger partial charge in [-0.05, 0) is 24.5 Å². The molecular formula is C21H30N4O7S2. The number of hydrogen-bond donors (Lipinski definition) is 1. The van der Waals surface area contributed by atoms with E-state index < -0.39 is 31.9 Å². The lowest BCUT2D eigenvalue weighted by molar-refractivity contribution is -0.137. The van der Waals surface area contributed by atoms with E-state index in [0.717, 1.165) is 25.4 Å². The average Bonchev–Trinajstić information content (AvgIpc) is 3.22. The molecule has 0 saturated heterocycles. The Morgan fingerprint density at radius 3 is 2.38 bits per heavy atom. The van der Waals surface area contributed by atoms with Crippen LogP contribution < -0.4 is 3.71 Å². The van der Waals surface area contributed by atoms with E-state index in [0.29, 0.717) is 17.9 Å². The molecule has 0 bridgehead atoms. The highest BCUT2D eigenvalue weighted by Gasteiger charge is 2.29. The maximum absolute atomic E-state index is 11.9. The second-order valence-corrected chi connectivity index (χ2v) is 12.7. The van der Waals surface area contributed by atoms with Crippen molar-refractivity contribution in [2.75, 3.05) is 16.2 Å². The van der Waals surface area contributed by atoms with Crippen molar-refractivity contribution >= 4 is 31.8 Å². The third-order valence-corrected chi connectivity index (χ3v) is 9.10. The molecule has 1 saturated carbocycles. The van der Waals surface area contributed by atoms with Crippen LogP contribution in [0, 0.1) is 5.92 Å². The SMILES string of the molecule is CS(=O)(=O)N(c1ccc(-c2noc([C@H](CCCC3CCCCC3)CC(=O)O)n2)cn1)S(C)(=O)=O. The van der Waals surface area contributed by atoms with Gasteiger partial charge in [0.05, 0.1) is 18.9 Å². The highest BCUT2D eigenvalue weighted by Crippen LogP contribution is 2.32. The molecule has 2 aromatic heterocycles. The fourth-order valence-corrected chi connectivity index (χ4v) is 7.25. The van der Waals surface area contributed by atoms with Gasteiger partial charge in [-0.25, -0.2) is 21.8 Å². The van der Waals surface area contributed by atoms with Crippen LogP contribution in [-0.4, -0.2) is 55.5 Å². The molecule has 11 nitrogen and oxygen atoms in total. The number of anilines is 1. The van der Waals surface area contributed by atoms with Crippen molar-refractivity contribution in [1.29, 1.82) is 0 Å². The van der Waals surface area contributed by atoms with Crippen molar-refractivity contribution in [3.63, 3.8) is 0 Å². The number of carbonyl (C=O) groups is 1. The lowest BCUT2D eigenvalue weighted by Gasteiger charge is -2.21. The van der Waals surface area contributed by atoms with Gasteiger partial charge in [0.1, 0.15) is 0 Å². The molecule has 0 unspecified atom stereocenters. The van der Waals surface area contributed by atoms with E-state index in [2.05, 4.69) is 15.1 Å². The predicted molar refractivity (Wildman–Crippen MR) is 125 cm³/mol. The Hall–Kier alpha value is -2.54. The van der Waals surface area contributed by atoms with Gasteiger partial charge in [0.15, 0.2) is 5.82 Å². The lowest BCUT2D eigenvalue weighted by atomic mass is 9.84. The number of rotatable bonds is 11. The summed E-state index contributed by atoms with van der Waals surface area (Å²) in [6, 6.07) is 2.65. The third kappa shape index (κ3) is 6.98. The molecule has 188 valence electrons. The lowest BCUT2D eigenvalue weighted by Crippen LogP contribution is -2.35. The van der Waals surface area contributed by atoms with Crippen molar-refractivity contribution in [2.45, 2.75) is 63.7 Å². The minimum Gasteiger partial charge on any atom is -0.481 e. The zero-order valence-electron chi connectivity index (χ0n) is 19.3. The molecule has 0 aliphatic heterocycles. The highest BCUT2D eigenvalue weighted by molar-refractivity contribution is 8.09. The summed E-state index contributed by atoms with van der Waals surface area (Å²) in [6.07, 6.45) is 11.5. The number of sulfonamides is 2. The summed E-state index contributed by atoms with van der Waals surface area (Å²) < 4.78 is 53.2. The summed E-state index contributed by atoms with van der Waals surface area (Å²) >= 11 is 0. The monoisotopic (exact) mass is 514 g/mol. The molecule has 13 heteroatoms. The minimum atomic E-state index is -4.11. The predicted octanol–water partition coefficient (Wildman–Crippen LogP) is 3.17. The summed E-state index contributed by atoms with van der Waals surface area (Å²) in [5.74, 6) is -0.582. The summed E-state index contributed by atoms with van der Waals surface area (Å²) in [5, 5.41) is 13.2. The quantitative estimate of drug-likeness (QED) is 0.471. The summed E-state index contributed by atoms with van der Waals surface area (Å²) in [5.41, 5.74) is 0.372. The number of aromatic nitrogens is 3. The molecule has 1 aliphatic rings. The van der Waals surface area contributed by atoms with Gasteiger partial charge < -0.3 is 9.63 Å². The van der Waals surface area contributed by atoms with Gasteiger partial charge in [-0.15, -0.1) is 3.71 Å². The maximum Gasteiger partial charge on any atom is 0.304 e. The Morgan fingerprint density at radius 1 is 1.15 bits per heavy atom. The van der Waals surface area contributed by atoms with Crippen LogP contribution in [0.3, 0.4) is 0 Å². The normalized spacial score (nSPS) is 16.3. The molecule has 34 heavy (non-hydrogen) atoms. The minimum absolute atomic E-state index is 0.124. The second-order valence-electron chi connectivity index (χ2n) is 8.81. The van der Waals surface area contributed by atoms with E-state index in [-0.39, 0.29) is 27.7 Å². The highest BCUT2D eigenvalue weighted by atomic mass is 32.3. The van der Waals surface area contributed by atoms with Gasteiger partial charge in [-0.1, -0.05) is 50.1 Å². The molecule has 0 aromatic carbocycles. The Bertz CT molecular complexity index is 1160. The van der Waals surface area contributed by atoms with Gasteiger partial charge >= 0.3 is 5.97 Å². The molecule has 2 aromatic rings. The van der Waals surface area contributed by atoms with E-state index >= 15 is 0 Å². The van der Waals surface area contributed by atoms with Crippen LogP contribution >= 0.6 is 0 Å². The number of nitrogens with zero attached hydrogens (tertiary/aromatic N) is 4. The van der Waals surface area contributed by atoms with Crippen LogP contribution in [0.2, 0.25) is 0 Å². The third-order valence-electron chi connectivity index (χ3n) is 5.90. The Labute approximate surface area is 199 Å². The van der Waals surface area contributed by atoms with E-state index in [4.69, 9.17) is 4.52 Å². The first-order valence-electron chi connectivity index (χ1n) is 11.2. The van der Waals surface area contributed by atoms with E-state index in [1.807, 2.05) is 0 Å². The van der Waals surface area contributed by atoms with Gasteiger partial charge in [-0.2, -0.15) is 4.98 Å². The van der Waals surface area contributed by atoms with Crippen LogP contribution in [0.25, 0.3) is 11.4 Å². The zero-order chi connectivity index (χ0) is 24.9. The maximum atomic E-state index is 11.9. The van der Waals surface area contributed by atoms with Crippen molar-refractivity contribution in [2.24, 2.45) is 5.92 Å². The number of carboxylic acids is 1. The van der Waals surface area contributed by atoms with E-state index in [9.17, 15) is 26.7 Å². The van der Waals surface area contributed by atoms with Crippen LogP contribution in [-0.2, 0) is 24.8 Å². The Kier molecular flexibility index (Phi) is 8.29. The number of carboxylic acid groups (broad SMARTS) is 1. The van der Waals surface area contributed by atoms with Crippen molar-refractivity contribution in [1.82, 2.24) is 15.1 Å². The second kappa shape index (κ2) is 10.8. The van der Waals surface area contributed by atoms with Crippen molar-refractivity contribution < 1.29 is 31.3 Å². The fraction of sp³-hybridized carbons (Fsp3) is 0.619. The van der Waals surface area contributed by atoms with Crippen LogP contribution in [0.5, 0.6) is 0 Å². The van der Waals surface area contributed by atoms with Gasteiger partial charge in [0.25, 0.3) is 0 Å². The van der Waals surface area contributed by atoms with Gasteiger partial charge in [0, 0.05) is 17.7 Å². The average molecular weight is 515 g/mol. The largest absolute Gasteiger partial charge is 0.481 e. The molecular weight excluding hydrogens is 484 g/mol. The summed E-state index contributed by atoms with van der Waals surface area (Å²) in [4.78, 5) is 19.7. The molecule has 2 heterocycles. The molecule has 1 atom stereocenters. The molecule has 3 rings (SSSR count). The van der Waals surface area contributed by atoms with Crippen molar-refractivity contribution in [3.05, 3.63) is 24.2 Å². The molecule has 0 spiro atoms. The number of aliphatic carboxylic acids is 1. The Morgan fingerprint density at radius 2 is 1.82 bits per heavy atom. The number of pyridine rings is 1. The van der Waals surface area contributed by atoms with E-state index in [1.54, 1.807) is 0 Å². The van der Waals surface area contributed by atoms with Crippen LogP contribution in [0.4, 0.5) is 5.82 Å². The summed E-state index contributed by atoms with van der Waals surface area (Å²) in [7, 11) is -8.22. The van der Waals surface area contributed by atoms with Crippen LogP contribution in [0.1, 0.15) is 69.6 Å². The fourth-order valence-electron chi connectivity index (χ4n) is 4.38. The molecule has 1 N–H and O–H groups in total. The molecule has 1 aliphatic carbocycles. The van der Waals surface area contributed by atoms with Gasteiger partial charge in [0.2, 0.25) is 31.8 Å². The smallest absolute Gasteiger partial charge is 0.304 e. The van der Waals surface area contributed by atoms with Gasteiger partial charge in [-0.3, -0.25) is 4.79 Å². The first kappa shape index (κ1) is 26.1. The first-order chi connectivity index (χ1) is 15.9. The Balaban J connectivity index is 1.74. The number of hydrogen-bond acceptors (Lipinski definition) is 9. The standard InChI is InChI=1S/C21H30N4O7S2/c1-33(28,29)25(34(2,30)31)18-12-11-17(14-22-18)20-23-21(32-24-20)16(13-19(26)27)10-6-9-15-7-4-3-5-8-15/h11-12,14-16H,3-10,13H2,1-2H3,(H,26,27)/t16-/m1/s1. The first-order valence-corrected chi connectivity index (χ1v) is 14.9. The molecule has 1 fully saturated rings. The van der Waals surface area contributed by atoms with E-state index in [1.165, 1.54) is 50.4 Å². The zero-order valence-corrected chi connectivity index (χ0v) is 20.9. The molecule has 0 radical (unpaired) electrons. The summed E-state index contributed by atoms with van der Waals surface area (Å²) in [6.45, 7) is 0. The topological polar surface area (TPSA) is 161 Å². The molecule has 0 amide bonds. The van der Waals surface area contributed by atoms with Crippen LogP contribution in [0.15, 0.2) is 22.9 Å².